The third-order valence-electron chi connectivity index (χ3n) is 3.53. The molecule has 0 radical (unpaired) electrons. The fourth-order valence-corrected chi connectivity index (χ4v) is 2.80. The summed E-state index contributed by atoms with van der Waals surface area (Å²) in [6, 6.07) is -2.92. The number of carbonyl (C=O) groups excluding carboxylic acids is 3. The normalized spacial score (nSPS) is 23.2. The van der Waals surface area contributed by atoms with Gasteiger partial charge < -0.3 is 15.4 Å². The van der Waals surface area contributed by atoms with Crippen LogP contribution < -0.4 is 5.73 Å². The molecule has 0 saturated carbocycles. The molecule has 21 heavy (non-hydrogen) atoms. The van der Waals surface area contributed by atoms with Crippen molar-refractivity contribution in [3.05, 3.63) is 17.5 Å². The maximum atomic E-state index is 12.2. The standard InChI is InChI=1S/C10H11N5O5S/c1-19-8(16)7-6-4(2-14(12-6)9(11)17)5-3-13(7)10(18)15(5)20-21/h2,5,7,21H,3H2,1H3,(H2,11,17). The van der Waals surface area contributed by atoms with Gasteiger partial charge in [-0.3, -0.25) is 0 Å². The monoisotopic (exact) mass is 313 g/mol. The number of ether oxygens (including phenoxy) is 1. The third-order valence-corrected chi connectivity index (χ3v) is 3.70. The molecule has 2 aliphatic heterocycles. The first kappa shape index (κ1) is 13.7. The van der Waals surface area contributed by atoms with E-state index in [-0.39, 0.29) is 12.2 Å². The molecule has 2 aliphatic rings. The Labute approximate surface area is 123 Å². The number of hydrogen-bond donors (Lipinski definition) is 2. The lowest BCUT2D eigenvalue weighted by molar-refractivity contribution is -0.146. The molecule has 2 atom stereocenters. The van der Waals surface area contributed by atoms with E-state index < -0.39 is 30.1 Å². The number of nitrogens with two attached hydrogens (primary N) is 1. The van der Waals surface area contributed by atoms with E-state index in [4.69, 9.17) is 14.8 Å². The molecular formula is C10H11N5O5S. The van der Waals surface area contributed by atoms with E-state index in [9.17, 15) is 14.4 Å². The molecule has 0 aromatic carbocycles. The summed E-state index contributed by atoms with van der Waals surface area (Å²) < 4.78 is 10.4. The molecule has 1 saturated heterocycles. The van der Waals surface area contributed by atoms with Gasteiger partial charge in [0.25, 0.3) is 0 Å². The van der Waals surface area contributed by atoms with Gasteiger partial charge in [-0.2, -0.15) is 14.8 Å². The highest BCUT2D eigenvalue weighted by atomic mass is 32.1. The molecule has 0 spiro atoms. The smallest absolute Gasteiger partial charge is 0.346 e. The van der Waals surface area contributed by atoms with Gasteiger partial charge in [0.1, 0.15) is 11.7 Å². The van der Waals surface area contributed by atoms with Crippen molar-refractivity contribution in [2.75, 3.05) is 13.7 Å². The number of aromatic nitrogens is 2. The number of rotatable bonds is 2. The Morgan fingerprint density at radius 2 is 2.24 bits per heavy atom. The van der Waals surface area contributed by atoms with Gasteiger partial charge in [-0.15, -0.1) is 0 Å². The van der Waals surface area contributed by atoms with Crippen LogP contribution in [0.3, 0.4) is 0 Å². The Morgan fingerprint density at radius 1 is 1.52 bits per heavy atom. The molecule has 3 amide bonds. The van der Waals surface area contributed by atoms with Crippen molar-refractivity contribution < 1.29 is 23.4 Å². The highest BCUT2D eigenvalue weighted by Crippen LogP contribution is 2.43. The Kier molecular flexibility index (Phi) is 3.02. The Hall–Kier alpha value is -2.27. The summed E-state index contributed by atoms with van der Waals surface area (Å²) in [5.41, 5.74) is 5.90. The van der Waals surface area contributed by atoms with Crippen LogP contribution in [0.15, 0.2) is 6.20 Å². The molecule has 2 bridgehead atoms. The first-order valence-corrected chi connectivity index (χ1v) is 6.24. The van der Waals surface area contributed by atoms with Crippen molar-refractivity contribution in [2.45, 2.75) is 12.1 Å². The van der Waals surface area contributed by atoms with Crippen LogP contribution in [-0.4, -0.2) is 51.4 Å². The minimum Gasteiger partial charge on any atom is -0.467 e. The van der Waals surface area contributed by atoms with Crippen LogP contribution >= 0.6 is 12.9 Å². The number of hydrogen-bond acceptors (Lipinski definition) is 7. The van der Waals surface area contributed by atoms with E-state index in [0.29, 0.717) is 5.56 Å². The average Bonchev–Trinajstić information content (AvgIpc) is 3.01. The number of amides is 3. The topological polar surface area (TPSA) is 120 Å². The van der Waals surface area contributed by atoms with Crippen molar-refractivity contribution >= 4 is 30.9 Å². The summed E-state index contributed by atoms with van der Waals surface area (Å²) in [6.45, 7) is 0.191. The van der Waals surface area contributed by atoms with Crippen LogP contribution in [0.25, 0.3) is 0 Å². The van der Waals surface area contributed by atoms with Gasteiger partial charge in [0.2, 0.25) is 0 Å². The Balaban J connectivity index is 2.15. The first-order valence-electron chi connectivity index (χ1n) is 5.88. The Morgan fingerprint density at radius 3 is 2.81 bits per heavy atom. The summed E-state index contributed by atoms with van der Waals surface area (Å²) in [6.07, 6.45) is 1.37. The maximum absolute atomic E-state index is 12.2. The second-order valence-corrected chi connectivity index (χ2v) is 4.70. The molecule has 1 aromatic rings. The molecule has 11 heteroatoms. The van der Waals surface area contributed by atoms with Crippen molar-refractivity contribution in [1.29, 1.82) is 0 Å². The van der Waals surface area contributed by atoms with Crippen LogP contribution in [0.2, 0.25) is 0 Å². The zero-order chi connectivity index (χ0) is 15.3. The zero-order valence-electron chi connectivity index (χ0n) is 10.8. The van der Waals surface area contributed by atoms with Crippen LogP contribution in [-0.2, 0) is 13.8 Å². The lowest BCUT2D eigenvalue weighted by atomic mass is 9.98. The quantitative estimate of drug-likeness (QED) is 0.435. The number of fused-ring (bicyclic) bond motifs is 4. The second-order valence-electron chi connectivity index (χ2n) is 4.54. The minimum absolute atomic E-state index is 0.191. The average molecular weight is 313 g/mol. The van der Waals surface area contributed by atoms with Gasteiger partial charge in [0.15, 0.2) is 6.04 Å². The first-order chi connectivity index (χ1) is 9.99. The van der Waals surface area contributed by atoms with Gasteiger partial charge >= 0.3 is 18.0 Å². The van der Waals surface area contributed by atoms with Crippen molar-refractivity contribution in [3.8, 4) is 0 Å². The number of primary amides is 1. The van der Waals surface area contributed by atoms with E-state index in [1.807, 2.05) is 0 Å². The summed E-state index contributed by atoms with van der Waals surface area (Å²) in [4.78, 5) is 36.7. The van der Waals surface area contributed by atoms with Gasteiger partial charge in [-0.25, -0.2) is 18.7 Å². The molecule has 10 nitrogen and oxygen atoms in total. The minimum atomic E-state index is -1.05. The molecule has 2 unspecified atom stereocenters. The predicted molar refractivity (Wildman–Crippen MR) is 68.7 cm³/mol. The number of esters is 1. The van der Waals surface area contributed by atoms with Crippen LogP contribution in [0.4, 0.5) is 9.59 Å². The summed E-state index contributed by atoms with van der Waals surface area (Å²) in [5.74, 6) is -0.668. The maximum Gasteiger partial charge on any atom is 0.346 e. The lowest BCUT2D eigenvalue weighted by Crippen LogP contribution is -2.39. The van der Waals surface area contributed by atoms with E-state index in [1.54, 1.807) is 0 Å². The van der Waals surface area contributed by atoms with E-state index in [0.717, 1.165) is 9.75 Å². The summed E-state index contributed by atoms with van der Waals surface area (Å²) in [7, 11) is 1.20. The molecule has 0 aliphatic carbocycles. The number of hydroxylamine groups is 2. The number of thiol groups is 1. The van der Waals surface area contributed by atoms with Crippen LogP contribution in [0.1, 0.15) is 23.3 Å². The third kappa shape index (κ3) is 1.77. The largest absolute Gasteiger partial charge is 0.467 e. The zero-order valence-corrected chi connectivity index (χ0v) is 11.7. The fourth-order valence-electron chi connectivity index (χ4n) is 2.61. The number of nitrogens with zero attached hydrogens (tertiary/aromatic N) is 4. The molecule has 2 N–H and O–H groups in total. The predicted octanol–water partition coefficient (Wildman–Crippen LogP) is -0.407. The molecule has 1 fully saturated rings. The molecule has 3 rings (SSSR count). The van der Waals surface area contributed by atoms with E-state index in [1.165, 1.54) is 18.2 Å². The van der Waals surface area contributed by atoms with Gasteiger partial charge in [0, 0.05) is 24.7 Å². The number of carbonyl (C=O) groups is 3. The molecule has 112 valence electrons. The lowest BCUT2D eigenvalue weighted by Gasteiger charge is -2.27. The highest BCUT2D eigenvalue weighted by molar-refractivity contribution is 7.75. The van der Waals surface area contributed by atoms with Crippen molar-refractivity contribution in [3.63, 3.8) is 0 Å². The summed E-state index contributed by atoms with van der Waals surface area (Å²) in [5, 5.41) is 4.98. The molecular weight excluding hydrogens is 302 g/mol. The second kappa shape index (κ2) is 4.63. The molecule has 3 heterocycles. The van der Waals surface area contributed by atoms with Crippen LogP contribution in [0.5, 0.6) is 0 Å². The highest BCUT2D eigenvalue weighted by Gasteiger charge is 2.53. The fraction of sp³-hybridized carbons (Fsp3) is 0.400. The van der Waals surface area contributed by atoms with Gasteiger partial charge in [-0.1, -0.05) is 0 Å². The van der Waals surface area contributed by atoms with Crippen molar-refractivity contribution in [2.24, 2.45) is 5.73 Å². The van der Waals surface area contributed by atoms with E-state index in [2.05, 4.69) is 18.0 Å². The summed E-state index contributed by atoms with van der Waals surface area (Å²) >= 11 is 3.64. The van der Waals surface area contributed by atoms with E-state index >= 15 is 0 Å². The van der Waals surface area contributed by atoms with Crippen molar-refractivity contribution in [1.82, 2.24) is 19.7 Å². The van der Waals surface area contributed by atoms with Gasteiger partial charge in [-0.05, 0) is 0 Å². The Bertz CT molecular complexity index is 646. The van der Waals surface area contributed by atoms with Gasteiger partial charge in [0.05, 0.1) is 13.7 Å². The van der Waals surface area contributed by atoms with Crippen LogP contribution in [0, 0.1) is 0 Å². The number of methoxy groups -OCH3 is 1. The molecule has 1 aromatic heterocycles. The SMILES string of the molecule is COC(=O)C1c2nn(C(N)=O)cc2C2CN1C(=O)N2OS. The number of urea groups is 1.